The highest BCUT2D eigenvalue weighted by atomic mass is 32.2. The van der Waals surface area contributed by atoms with E-state index in [1.165, 1.54) is 0 Å². The van der Waals surface area contributed by atoms with Gasteiger partial charge in [0.25, 0.3) is 0 Å². The van der Waals surface area contributed by atoms with Crippen molar-refractivity contribution in [1.82, 2.24) is 10.6 Å². The van der Waals surface area contributed by atoms with E-state index in [9.17, 15) is 9.00 Å². The van der Waals surface area contributed by atoms with Crippen LogP contribution in [0.15, 0.2) is 0 Å². The highest BCUT2D eigenvalue weighted by Gasteiger charge is 2.29. The summed E-state index contributed by atoms with van der Waals surface area (Å²) in [4.78, 5) is 11.8. The molecule has 1 saturated heterocycles. The van der Waals surface area contributed by atoms with Crippen LogP contribution in [0.5, 0.6) is 0 Å². The van der Waals surface area contributed by atoms with E-state index < -0.39 is 10.8 Å². The zero-order valence-corrected chi connectivity index (χ0v) is 10.4. The van der Waals surface area contributed by atoms with Gasteiger partial charge in [0.2, 0.25) is 5.91 Å². The minimum Gasteiger partial charge on any atom is -0.352 e. The van der Waals surface area contributed by atoms with Crippen LogP contribution < -0.4 is 10.6 Å². The Labute approximate surface area is 93.7 Å². The third kappa shape index (κ3) is 3.91. The molecule has 0 aliphatic carbocycles. The highest BCUT2D eigenvalue weighted by Crippen LogP contribution is 2.15. The molecule has 0 radical (unpaired) electrons. The van der Waals surface area contributed by atoms with Crippen LogP contribution in [0.2, 0.25) is 0 Å². The molecular weight excluding hydrogens is 212 g/mol. The van der Waals surface area contributed by atoms with Gasteiger partial charge in [0.1, 0.15) is 0 Å². The van der Waals surface area contributed by atoms with E-state index in [0.29, 0.717) is 11.7 Å². The topological polar surface area (TPSA) is 58.2 Å². The normalized spacial score (nSPS) is 29.8. The second kappa shape index (κ2) is 5.61. The van der Waals surface area contributed by atoms with Gasteiger partial charge in [-0.3, -0.25) is 9.00 Å². The number of hydrogen-bond donors (Lipinski definition) is 2. The molecule has 4 atom stereocenters. The van der Waals surface area contributed by atoms with Gasteiger partial charge >= 0.3 is 0 Å². The Bertz CT molecular complexity index is 258. The van der Waals surface area contributed by atoms with Crippen LogP contribution >= 0.6 is 0 Å². The number of carbonyl (C=O) groups excluding carboxylic acids is 1. The van der Waals surface area contributed by atoms with Crippen molar-refractivity contribution < 1.29 is 9.00 Å². The van der Waals surface area contributed by atoms with Crippen molar-refractivity contribution in [2.75, 3.05) is 25.1 Å². The Morgan fingerprint density at radius 1 is 1.60 bits per heavy atom. The lowest BCUT2D eigenvalue weighted by atomic mass is 9.97. The molecule has 1 aliphatic rings. The van der Waals surface area contributed by atoms with Crippen molar-refractivity contribution in [2.45, 2.75) is 19.9 Å². The molecule has 2 unspecified atom stereocenters. The van der Waals surface area contributed by atoms with E-state index in [1.807, 2.05) is 6.92 Å². The Kier molecular flexibility index (Phi) is 4.73. The molecule has 0 aromatic rings. The van der Waals surface area contributed by atoms with Gasteiger partial charge in [0, 0.05) is 35.4 Å². The summed E-state index contributed by atoms with van der Waals surface area (Å²) in [5.41, 5.74) is 0. The summed E-state index contributed by atoms with van der Waals surface area (Å²) in [6.45, 7) is 5.64. The van der Waals surface area contributed by atoms with Gasteiger partial charge in [-0.1, -0.05) is 6.92 Å². The van der Waals surface area contributed by atoms with E-state index >= 15 is 0 Å². The van der Waals surface area contributed by atoms with Gasteiger partial charge in [-0.05, 0) is 19.4 Å². The molecule has 1 fully saturated rings. The SMILES string of the molecule is CC(CS(C)=O)NC(=O)[C@@H]1CNC[C@H]1C. The maximum Gasteiger partial charge on any atom is 0.224 e. The molecule has 0 saturated carbocycles. The fourth-order valence-corrected chi connectivity index (χ4v) is 2.69. The molecular formula is C10H20N2O2S. The molecule has 15 heavy (non-hydrogen) atoms. The number of carbonyl (C=O) groups is 1. The van der Waals surface area contributed by atoms with Crippen molar-refractivity contribution in [2.24, 2.45) is 11.8 Å². The highest BCUT2D eigenvalue weighted by molar-refractivity contribution is 7.84. The van der Waals surface area contributed by atoms with E-state index in [0.717, 1.165) is 13.1 Å². The van der Waals surface area contributed by atoms with Gasteiger partial charge in [-0.2, -0.15) is 0 Å². The van der Waals surface area contributed by atoms with Crippen molar-refractivity contribution in [1.29, 1.82) is 0 Å². The average molecular weight is 232 g/mol. The molecule has 1 heterocycles. The number of rotatable bonds is 4. The monoisotopic (exact) mass is 232 g/mol. The fraction of sp³-hybridized carbons (Fsp3) is 0.900. The molecule has 88 valence electrons. The molecule has 5 heteroatoms. The van der Waals surface area contributed by atoms with Gasteiger partial charge in [0.15, 0.2) is 0 Å². The molecule has 2 N–H and O–H groups in total. The second-order valence-corrected chi connectivity index (χ2v) is 5.87. The predicted molar refractivity (Wildman–Crippen MR) is 62.1 cm³/mol. The summed E-state index contributed by atoms with van der Waals surface area (Å²) in [6.07, 6.45) is 1.66. The van der Waals surface area contributed by atoms with E-state index in [-0.39, 0.29) is 17.9 Å². The van der Waals surface area contributed by atoms with Crippen LogP contribution in [0.3, 0.4) is 0 Å². The molecule has 0 aromatic heterocycles. The fourth-order valence-electron chi connectivity index (χ4n) is 1.90. The van der Waals surface area contributed by atoms with Gasteiger partial charge < -0.3 is 10.6 Å². The van der Waals surface area contributed by atoms with Crippen molar-refractivity contribution >= 4 is 16.7 Å². The standard InChI is InChI=1S/C10H20N2O2S/c1-7-4-11-5-9(7)10(13)12-8(2)6-15(3)14/h7-9,11H,4-6H2,1-3H3,(H,12,13)/t7-,8?,9-,15?/m1/s1. The van der Waals surface area contributed by atoms with Crippen LogP contribution in [0.1, 0.15) is 13.8 Å². The first-order valence-corrected chi connectivity index (χ1v) is 7.04. The maximum absolute atomic E-state index is 11.8. The minimum absolute atomic E-state index is 0.00358. The summed E-state index contributed by atoms with van der Waals surface area (Å²) in [6, 6.07) is -0.00358. The molecule has 0 bridgehead atoms. The Balaban J connectivity index is 2.37. The van der Waals surface area contributed by atoms with Crippen LogP contribution in [0.4, 0.5) is 0 Å². The number of hydrogen-bond acceptors (Lipinski definition) is 3. The predicted octanol–water partition coefficient (Wildman–Crippen LogP) is -0.275. The summed E-state index contributed by atoms with van der Waals surface area (Å²) < 4.78 is 11.0. The summed E-state index contributed by atoms with van der Waals surface area (Å²) in [5.74, 6) is 1.08. The smallest absolute Gasteiger partial charge is 0.224 e. The molecule has 1 aliphatic heterocycles. The zero-order chi connectivity index (χ0) is 11.4. The Morgan fingerprint density at radius 2 is 2.27 bits per heavy atom. The summed E-state index contributed by atoms with van der Waals surface area (Å²) in [7, 11) is -0.853. The van der Waals surface area contributed by atoms with Crippen LogP contribution in [-0.4, -0.2) is 41.3 Å². The first-order chi connectivity index (χ1) is 7.00. The molecule has 1 rings (SSSR count). The Morgan fingerprint density at radius 3 is 2.73 bits per heavy atom. The molecule has 0 spiro atoms. The molecule has 4 nitrogen and oxygen atoms in total. The lowest BCUT2D eigenvalue weighted by Gasteiger charge is -2.18. The van der Waals surface area contributed by atoms with Gasteiger partial charge in [-0.15, -0.1) is 0 Å². The number of amides is 1. The van der Waals surface area contributed by atoms with Crippen LogP contribution in [0, 0.1) is 11.8 Å². The first kappa shape index (κ1) is 12.6. The Hall–Kier alpha value is -0.420. The van der Waals surface area contributed by atoms with E-state index in [4.69, 9.17) is 0 Å². The van der Waals surface area contributed by atoms with Gasteiger partial charge in [-0.25, -0.2) is 0 Å². The first-order valence-electron chi connectivity index (χ1n) is 5.31. The number of nitrogens with one attached hydrogen (secondary N) is 2. The largest absolute Gasteiger partial charge is 0.352 e. The third-order valence-corrected chi connectivity index (χ3v) is 3.70. The maximum atomic E-state index is 11.8. The molecule has 0 aromatic carbocycles. The van der Waals surface area contributed by atoms with Crippen LogP contribution in [-0.2, 0) is 15.6 Å². The van der Waals surface area contributed by atoms with E-state index in [1.54, 1.807) is 6.26 Å². The quantitative estimate of drug-likeness (QED) is 0.701. The summed E-state index contributed by atoms with van der Waals surface area (Å²) >= 11 is 0. The minimum atomic E-state index is -0.853. The zero-order valence-electron chi connectivity index (χ0n) is 9.58. The van der Waals surface area contributed by atoms with E-state index in [2.05, 4.69) is 17.6 Å². The second-order valence-electron chi connectivity index (χ2n) is 4.39. The summed E-state index contributed by atoms with van der Waals surface area (Å²) in [5, 5.41) is 6.11. The van der Waals surface area contributed by atoms with Gasteiger partial charge in [0.05, 0.1) is 5.92 Å². The lowest BCUT2D eigenvalue weighted by Crippen LogP contribution is -2.41. The van der Waals surface area contributed by atoms with Crippen molar-refractivity contribution in [3.05, 3.63) is 0 Å². The average Bonchev–Trinajstić information content (AvgIpc) is 2.49. The lowest BCUT2D eigenvalue weighted by molar-refractivity contribution is -0.125. The third-order valence-electron chi connectivity index (χ3n) is 2.73. The van der Waals surface area contributed by atoms with Crippen molar-refractivity contribution in [3.8, 4) is 0 Å². The molecule has 1 amide bonds. The van der Waals surface area contributed by atoms with Crippen LogP contribution in [0.25, 0.3) is 0 Å². The van der Waals surface area contributed by atoms with Crippen molar-refractivity contribution in [3.63, 3.8) is 0 Å².